The molecule has 3 N–H and O–H groups in total. The standard InChI is InChI=1S/C27H30N6O2/c1-16(2)28-15-24(34)30-23-11-10-18(12-21(23)27(35)33(4)5)19-13-22-25(31-32-26(22)29-14-19)20-9-7-6-8-17(20)3/h6-14,16,28H,15H2,1-5H3,(H,30,34)(H,29,31,32). The normalized spacial score (nSPS) is 11.1. The molecule has 0 unspecified atom stereocenters. The number of hydrogen-bond donors (Lipinski definition) is 3. The maximum absolute atomic E-state index is 13.0. The maximum atomic E-state index is 13.0. The Balaban J connectivity index is 1.74. The van der Waals surface area contributed by atoms with E-state index in [0.29, 0.717) is 16.9 Å². The summed E-state index contributed by atoms with van der Waals surface area (Å²) in [6, 6.07) is 15.8. The van der Waals surface area contributed by atoms with Gasteiger partial charge in [0, 0.05) is 42.8 Å². The van der Waals surface area contributed by atoms with Crippen molar-refractivity contribution >= 4 is 28.5 Å². The minimum atomic E-state index is -0.205. The molecule has 2 heterocycles. The Morgan fingerprint density at radius 1 is 1.06 bits per heavy atom. The molecular weight excluding hydrogens is 440 g/mol. The van der Waals surface area contributed by atoms with E-state index in [1.54, 1.807) is 32.4 Å². The number of aromatic amines is 1. The number of anilines is 1. The van der Waals surface area contributed by atoms with Crippen LogP contribution in [0.2, 0.25) is 0 Å². The van der Waals surface area contributed by atoms with Crippen molar-refractivity contribution in [2.75, 3.05) is 26.0 Å². The number of aryl methyl sites for hydroxylation is 1. The highest BCUT2D eigenvalue weighted by Crippen LogP contribution is 2.32. The first kappa shape index (κ1) is 24.1. The number of aromatic nitrogens is 3. The molecule has 180 valence electrons. The van der Waals surface area contributed by atoms with Crippen LogP contribution in [0.1, 0.15) is 29.8 Å². The fraction of sp³-hybridized carbons (Fsp3) is 0.259. The maximum Gasteiger partial charge on any atom is 0.255 e. The number of carbonyl (C=O) groups excluding carboxylic acids is 2. The van der Waals surface area contributed by atoms with Crippen molar-refractivity contribution < 1.29 is 9.59 Å². The molecule has 35 heavy (non-hydrogen) atoms. The van der Waals surface area contributed by atoms with E-state index in [-0.39, 0.29) is 24.4 Å². The summed E-state index contributed by atoms with van der Waals surface area (Å²) >= 11 is 0. The van der Waals surface area contributed by atoms with E-state index in [2.05, 4.69) is 44.9 Å². The van der Waals surface area contributed by atoms with Gasteiger partial charge in [-0.05, 0) is 36.2 Å². The van der Waals surface area contributed by atoms with E-state index >= 15 is 0 Å². The topological polar surface area (TPSA) is 103 Å². The van der Waals surface area contributed by atoms with Crippen molar-refractivity contribution in [2.24, 2.45) is 0 Å². The van der Waals surface area contributed by atoms with Crippen LogP contribution < -0.4 is 10.6 Å². The van der Waals surface area contributed by atoms with Gasteiger partial charge in [0.15, 0.2) is 5.65 Å². The monoisotopic (exact) mass is 470 g/mol. The second kappa shape index (κ2) is 10.1. The van der Waals surface area contributed by atoms with Gasteiger partial charge in [-0.3, -0.25) is 14.7 Å². The Hall–Kier alpha value is -4.04. The molecule has 0 bridgehead atoms. The summed E-state index contributed by atoms with van der Waals surface area (Å²) in [6.45, 7) is 6.16. The second-order valence-electron chi connectivity index (χ2n) is 9.05. The Labute approximate surface area is 204 Å². The largest absolute Gasteiger partial charge is 0.345 e. The highest BCUT2D eigenvalue weighted by atomic mass is 16.2. The average molecular weight is 471 g/mol. The number of benzene rings is 2. The van der Waals surface area contributed by atoms with Crippen LogP contribution in [-0.4, -0.2) is 58.6 Å². The highest BCUT2D eigenvalue weighted by Gasteiger charge is 2.18. The second-order valence-corrected chi connectivity index (χ2v) is 9.05. The first-order chi connectivity index (χ1) is 16.7. The van der Waals surface area contributed by atoms with Crippen LogP contribution in [0.4, 0.5) is 5.69 Å². The number of pyridine rings is 1. The summed E-state index contributed by atoms with van der Waals surface area (Å²) in [5, 5.41) is 14.3. The van der Waals surface area contributed by atoms with Crippen LogP contribution in [0, 0.1) is 6.92 Å². The SMILES string of the molecule is Cc1ccccc1-c1[nH]nc2ncc(-c3ccc(NC(=O)CNC(C)C)c(C(=O)N(C)C)c3)cc12. The summed E-state index contributed by atoms with van der Waals surface area (Å²) in [5.74, 6) is -0.402. The lowest BCUT2D eigenvalue weighted by Crippen LogP contribution is -2.33. The van der Waals surface area contributed by atoms with E-state index < -0.39 is 0 Å². The van der Waals surface area contributed by atoms with Gasteiger partial charge in [0.25, 0.3) is 5.91 Å². The molecule has 0 saturated heterocycles. The molecule has 0 aliphatic rings. The lowest BCUT2D eigenvalue weighted by molar-refractivity contribution is -0.115. The molecule has 0 aliphatic carbocycles. The molecule has 0 atom stereocenters. The van der Waals surface area contributed by atoms with Crippen molar-refractivity contribution in [3.8, 4) is 22.4 Å². The third kappa shape index (κ3) is 5.22. The number of nitrogens with one attached hydrogen (secondary N) is 3. The van der Waals surface area contributed by atoms with Gasteiger partial charge in [0.2, 0.25) is 5.91 Å². The Bertz CT molecular complexity index is 1390. The lowest BCUT2D eigenvalue weighted by Gasteiger charge is -2.17. The zero-order chi connectivity index (χ0) is 25.1. The number of H-pyrrole nitrogens is 1. The minimum Gasteiger partial charge on any atom is -0.345 e. The van der Waals surface area contributed by atoms with Crippen molar-refractivity contribution in [1.29, 1.82) is 0 Å². The van der Waals surface area contributed by atoms with Gasteiger partial charge in [-0.15, -0.1) is 0 Å². The molecule has 8 heteroatoms. The summed E-state index contributed by atoms with van der Waals surface area (Å²) in [6.07, 6.45) is 1.74. The predicted molar refractivity (Wildman–Crippen MR) is 139 cm³/mol. The van der Waals surface area contributed by atoms with Gasteiger partial charge in [0.05, 0.1) is 23.5 Å². The van der Waals surface area contributed by atoms with Crippen LogP contribution in [-0.2, 0) is 4.79 Å². The number of amides is 2. The average Bonchev–Trinajstić information content (AvgIpc) is 3.26. The first-order valence-electron chi connectivity index (χ1n) is 11.5. The summed E-state index contributed by atoms with van der Waals surface area (Å²) in [4.78, 5) is 31.4. The fourth-order valence-electron chi connectivity index (χ4n) is 3.86. The Morgan fingerprint density at radius 2 is 1.83 bits per heavy atom. The molecule has 0 saturated carbocycles. The van der Waals surface area contributed by atoms with Crippen molar-refractivity contribution in [2.45, 2.75) is 26.8 Å². The summed E-state index contributed by atoms with van der Waals surface area (Å²) < 4.78 is 0. The molecule has 0 spiro atoms. The number of nitrogens with zero attached hydrogens (tertiary/aromatic N) is 3. The van der Waals surface area contributed by atoms with Gasteiger partial charge in [-0.25, -0.2) is 4.98 Å². The third-order valence-corrected chi connectivity index (χ3v) is 5.76. The van der Waals surface area contributed by atoms with Crippen LogP contribution in [0.5, 0.6) is 0 Å². The molecule has 4 aromatic rings. The predicted octanol–water partition coefficient (Wildman–Crippen LogP) is 4.24. The first-order valence-corrected chi connectivity index (χ1v) is 11.5. The quantitative estimate of drug-likeness (QED) is 0.375. The van der Waals surface area contributed by atoms with Crippen LogP contribution >= 0.6 is 0 Å². The summed E-state index contributed by atoms with van der Waals surface area (Å²) in [5.41, 5.74) is 6.27. The van der Waals surface area contributed by atoms with Crippen molar-refractivity contribution in [3.63, 3.8) is 0 Å². The Morgan fingerprint density at radius 3 is 2.54 bits per heavy atom. The molecule has 0 aliphatic heterocycles. The van der Waals surface area contributed by atoms with Crippen LogP contribution in [0.15, 0.2) is 54.7 Å². The van der Waals surface area contributed by atoms with Crippen molar-refractivity contribution in [1.82, 2.24) is 25.4 Å². The highest BCUT2D eigenvalue weighted by molar-refractivity contribution is 6.05. The summed E-state index contributed by atoms with van der Waals surface area (Å²) in [7, 11) is 3.38. The zero-order valence-corrected chi connectivity index (χ0v) is 20.6. The molecule has 2 aromatic carbocycles. The molecule has 8 nitrogen and oxygen atoms in total. The van der Waals surface area contributed by atoms with Crippen LogP contribution in [0.3, 0.4) is 0 Å². The fourth-order valence-corrected chi connectivity index (χ4v) is 3.86. The van der Waals surface area contributed by atoms with E-state index in [0.717, 1.165) is 33.3 Å². The number of fused-ring (bicyclic) bond motifs is 1. The van der Waals surface area contributed by atoms with Gasteiger partial charge < -0.3 is 15.5 Å². The van der Waals surface area contributed by atoms with E-state index in [9.17, 15) is 9.59 Å². The van der Waals surface area contributed by atoms with E-state index in [1.807, 2.05) is 38.1 Å². The van der Waals surface area contributed by atoms with Gasteiger partial charge in [-0.2, -0.15) is 5.10 Å². The molecular formula is C27H30N6O2. The van der Waals surface area contributed by atoms with Gasteiger partial charge in [0.1, 0.15) is 0 Å². The zero-order valence-electron chi connectivity index (χ0n) is 20.6. The third-order valence-electron chi connectivity index (χ3n) is 5.76. The molecule has 0 fully saturated rings. The smallest absolute Gasteiger partial charge is 0.255 e. The lowest BCUT2D eigenvalue weighted by atomic mass is 9.99. The Kier molecular flexibility index (Phi) is 6.93. The molecule has 2 aromatic heterocycles. The van der Waals surface area contributed by atoms with Crippen molar-refractivity contribution in [3.05, 3.63) is 65.9 Å². The number of hydrogen-bond acceptors (Lipinski definition) is 5. The van der Waals surface area contributed by atoms with Gasteiger partial charge >= 0.3 is 0 Å². The molecule has 4 rings (SSSR count). The van der Waals surface area contributed by atoms with E-state index in [4.69, 9.17) is 0 Å². The number of carbonyl (C=O) groups is 2. The molecule has 2 amide bonds. The van der Waals surface area contributed by atoms with E-state index in [1.165, 1.54) is 4.90 Å². The number of rotatable bonds is 7. The molecule has 0 radical (unpaired) electrons. The minimum absolute atomic E-state index is 0.164. The van der Waals surface area contributed by atoms with Gasteiger partial charge in [-0.1, -0.05) is 44.2 Å². The van der Waals surface area contributed by atoms with Crippen LogP contribution in [0.25, 0.3) is 33.4 Å².